The van der Waals surface area contributed by atoms with E-state index in [0.29, 0.717) is 11.5 Å². The summed E-state index contributed by atoms with van der Waals surface area (Å²) in [6.45, 7) is 4.64. The van der Waals surface area contributed by atoms with E-state index in [4.69, 9.17) is 9.97 Å². The number of anilines is 1. The van der Waals surface area contributed by atoms with Crippen LogP contribution in [0.3, 0.4) is 0 Å². The average molecular weight is 376 g/mol. The molecule has 0 radical (unpaired) electrons. The first kappa shape index (κ1) is 16.7. The molecule has 0 spiro atoms. The van der Waals surface area contributed by atoms with Crippen molar-refractivity contribution in [3.63, 3.8) is 0 Å². The Morgan fingerprint density at radius 3 is 2.59 bits per heavy atom. The lowest BCUT2D eigenvalue weighted by Gasteiger charge is -2.35. The summed E-state index contributed by atoms with van der Waals surface area (Å²) in [6.07, 6.45) is 2.46. The number of benzene rings is 1. The van der Waals surface area contributed by atoms with Crippen molar-refractivity contribution < 1.29 is 0 Å². The maximum Gasteiger partial charge on any atom is 0.146 e. The average Bonchev–Trinajstić information content (AvgIpc) is 3.48. The van der Waals surface area contributed by atoms with Gasteiger partial charge >= 0.3 is 0 Å². The van der Waals surface area contributed by atoms with Crippen LogP contribution in [0.5, 0.6) is 0 Å². The molecule has 1 aromatic carbocycles. The van der Waals surface area contributed by atoms with Crippen LogP contribution in [0.4, 0.5) is 5.82 Å². The molecule has 2 aromatic heterocycles. The van der Waals surface area contributed by atoms with E-state index < -0.39 is 0 Å². The lowest BCUT2D eigenvalue weighted by Crippen LogP contribution is -2.46. The first-order valence-corrected chi connectivity index (χ1v) is 10.3. The lowest BCUT2D eigenvalue weighted by molar-refractivity contribution is 0.249. The Morgan fingerprint density at radius 1 is 1.04 bits per heavy atom. The number of fused-ring (bicyclic) bond motifs is 1. The van der Waals surface area contributed by atoms with E-state index in [1.165, 1.54) is 22.5 Å². The van der Waals surface area contributed by atoms with Crippen molar-refractivity contribution in [2.45, 2.75) is 25.3 Å². The standard InChI is InChI=1S/C21H21N5S/c22-13-16-7-8-17(15-5-6-15)24-21(16)26-11-9-25(10-12-26)14-20-23-18-3-1-2-4-19(18)27-20/h1-4,7-8,15H,5-6,9-12,14H2. The molecule has 5 nitrogen and oxygen atoms in total. The van der Waals surface area contributed by atoms with E-state index in [1.54, 1.807) is 11.3 Å². The van der Waals surface area contributed by atoms with Gasteiger partial charge in [0.15, 0.2) is 0 Å². The molecule has 0 amide bonds. The van der Waals surface area contributed by atoms with Crippen LogP contribution >= 0.6 is 11.3 Å². The zero-order chi connectivity index (χ0) is 18.2. The fourth-order valence-electron chi connectivity index (χ4n) is 3.69. The number of piperazine rings is 1. The summed E-state index contributed by atoms with van der Waals surface area (Å²) < 4.78 is 1.26. The number of hydrogen-bond acceptors (Lipinski definition) is 6. The highest BCUT2D eigenvalue weighted by Crippen LogP contribution is 2.40. The predicted molar refractivity (Wildman–Crippen MR) is 108 cm³/mol. The van der Waals surface area contributed by atoms with Crippen molar-refractivity contribution in [3.05, 3.63) is 52.7 Å². The van der Waals surface area contributed by atoms with Crippen molar-refractivity contribution in [2.75, 3.05) is 31.1 Å². The second-order valence-electron chi connectivity index (χ2n) is 7.33. The molecule has 3 heterocycles. The number of nitriles is 1. The summed E-state index contributed by atoms with van der Waals surface area (Å²) in [5.74, 6) is 1.48. The summed E-state index contributed by atoms with van der Waals surface area (Å²) >= 11 is 1.78. The fraction of sp³-hybridized carbons (Fsp3) is 0.381. The Morgan fingerprint density at radius 2 is 1.85 bits per heavy atom. The highest BCUT2D eigenvalue weighted by molar-refractivity contribution is 7.18. The summed E-state index contributed by atoms with van der Waals surface area (Å²) in [6, 6.07) is 14.6. The Balaban J connectivity index is 1.27. The van der Waals surface area contributed by atoms with E-state index >= 15 is 0 Å². The SMILES string of the molecule is N#Cc1ccc(C2CC2)nc1N1CCN(Cc2nc3ccccc3s2)CC1. The van der Waals surface area contributed by atoms with Crippen molar-refractivity contribution in [2.24, 2.45) is 0 Å². The molecule has 2 aliphatic rings. The van der Waals surface area contributed by atoms with Crippen LogP contribution in [-0.4, -0.2) is 41.0 Å². The van der Waals surface area contributed by atoms with Gasteiger partial charge in [-0.15, -0.1) is 11.3 Å². The van der Waals surface area contributed by atoms with Gasteiger partial charge in [-0.1, -0.05) is 12.1 Å². The maximum atomic E-state index is 9.48. The van der Waals surface area contributed by atoms with Crippen LogP contribution in [0.15, 0.2) is 36.4 Å². The normalized spacial score (nSPS) is 18.0. The molecule has 1 aliphatic heterocycles. The van der Waals surface area contributed by atoms with Gasteiger partial charge in [-0.2, -0.15) is 5.26 Å². The molecule has 0 atom stereocenters. The van der Waals surface area contributed by atoms with Crippen LogP contribution in [0.25, 0.3) is 10.2 Å². The van der Waals surface area contributed by atoms with Gasteiger partial charge in [-0.3, -0.25) is 4.90 Å². The minimum Gasteiger partial charge on any atom is -0.353 e. The first-order chi connectivity index (χ1) is 13.3. The van der Waals surface area contributed by atoms with Gasteiger partial charge in [0, 0.05) is 37.8 Å². The fourth-order valence-corrected chi connectivity index (χ4v) is 4.70. The van der Waals surface area contributed by atoms with E-state index in [0.717, 1.165) is 49.8 Å². The summed E-state index contributed by atoms with van der Waals surface area (Å²) in [7, 11) is 0. The highest BCUT2D eigenvalue weighted by Gasteiger charge is 2.27. The van der Waals surface area contributed by atoms with E-state index in [9.17, 15) is 5.26 Å². The molecule has 0 unspecified atom stereocenters. The van der Waals surface area contributed by atoms with E-state index in [2.05, 4.69) is 34.1 Å². The second kappa shape index (κ2) is 6.91. The monoisotopic (exact) mass is 375 g/mol. The Bertz CT molecular complexity index is 976. The van der Waals surface area contributed by atoms with Crippen molar-refractivity contribution in [1.29, 1.82) is 5.26 Å². The van der Waals surface area contributed by atoms with Crippen LogP contribution in [0.1, 0.15) is 35.0 Å². The molecule has 0 N–H and O–H groups in total. The topological polar surface area (TPSA) is 56.1 Å². The molecule has 3 aromatic rings. The first-order valence-electron chi connectivity index (χ1n) is 9.53. The van der Waals surface area contributed by atoms with Gasteiger partial charge in [-0.25, -0.2) is 9.97 Å². The Kier molecular flexibility index (Phi) is 4.27. The summed E-state index contributed by atoms with van der Waals surface area (Å²) in [5.41, 5.74) is 2.94. The van der Waals surface area contributed by atoms with Crippen LogP contribution in [-0.2, 0) is 6.54 Å². The minimum atomic E-state index is 0.608. The van der Waals surface area contributed by atoms with Gasteiger partial charge in [0.05, 0.1) is 22.3 Å². The molecule has 1 aliphatic carbocycles. The third-order valence-corrected chi connectivity index (χ3v) is 6.40. The van der Waals surface area contributed by atoms with Gasteiger partial charge in [0.2, 0.25) is 0 Å². The number of rotatable bonds is 4. The quantitative estimate of drug-likeness (QED) is 0.695. The Labute approximate surface area is 162 Å². The van der Waals surface area contributed by atoms with Gasteiger partial charge in [-0.05, 0) is 37.1 Å². The van der Waals surface area contributed by atoms with Gasteiger partial charge < -0.3 is 4.90 Å². The summed E-state index contributed by atoms with van der Waals surface area (Å²) in [4.78, 5) is 14.3. The van der Waals surface area contributed by atoms with Gasteiger partial charge in [0.25, 0.3) is 0 Å². The van der Waals surface area contributed by atoms with Crippen LogP contribution in [0, 0.1) is 11.3 Å². The number of nitrogens with zero attached hydrogens (tertiary/aromatic N) is 5. The molecule has 5 rings (SSSR count). The molecule has 27 heavy (non-hydrogen) atoms. The van der Waals surface area contributed by atoms with E-state index in [1.807, 2.05) is 18.2 Å². The van der Waals surface area contributed by atoms with Crippen LogP contribution < -0.4 is 4.90 Å². The number of para-hydroxylation sites is 1. The van der Waals surface area contributed by atoms with Crippen LogP contribution in [0.2, 0.25) is 0 Å². The zero-order valence-corrected chi connectivity index (χ0v) is 16.0. The maximum absolute atomic E-state index is 9.48. The largest absolute Gasteiger partial charge is 0.353 e. The second-order valence-corrected chi connectivity index (χ2v) is 8.45. The van der Waals surface area contributed by atoms with Crippen molar-refractivity contribution in [1.82, 2.24) is 14.9 Å². The smallest absolute Gasteiger partial charge is 0.146 e. The number of hydrogen-bond donors (Lipinski definition) is 0. The number of pyridine rings is 1. The lowest BCUT2D eigenvalue weighted by atomic mass is 10.2. The molecule has 2 fully saturated rings. The molecule has 6 heteroatoms. The molecule has 136 valence electrons. The Hall–Kier alpha value is -2.49. The zero-order valence-electron chi connectivity index (χ0n) is 15.1. The molecular formula is C21H21N5S. The molecule has 1 saturated carbocycles. The molecule has 1 saturated heterocycles. The third-order valence-electron chi connectivity index (χ3n) is 5.38. The molecule has 0 bridgehead atoms. The summed E-state index contributed by atoms with van der Waals surface area (Å²) in [5, 5.41) is 10.7. The van der Waals surface area contributed by atoms with Crippen molar-refractivity contribution >= 4 is 27.4 Å². The number of thiazole rings is 1. The predicted octanol–water partition coefficient (Wildman–Crippen LogP) is 3.76. The minimum absolute atomic E-state index is 0.608. The van der Waals surface area contributed by atoms with Crippen molar-refractivity contribution in [3.8, 4) is 6.07 Å². The molecular weight excluding hydrogens is 354 g/mol. The van der Waals surface area contributed by atoms with E-state index in [-0.39, 0.29) is 0 Å². The number of aromatic nitrogens is 2. The van der Waals surface area contributed by atoms with Gasteiger partial charge in [0.1, 0.15) is 16.9 Å². The third kappa shape index (κ3) is 3.41. The highest BCUT2D eigenvalue weighted by atomic mass is 32.1.